The molecule has 0 aliphatic carbocycles. The van der Waals surface area contributed by atoms with Crippen molar-refractivity contribution in [2.24, 2.45) is 0 Å². The van der Waals surface area contributed by atoms with Crippen molar-refractivity contribution >= 4 is 11.7 Å². The van der Waals surface area contributed by atoms with Crippen molar-refractivity contribution in [3.8, 4) is 6.07 Å². The first kappa shape index (κ1) is 15.3. The van der Waals surface area contributed by atoms with Gasteiger partial charge in [0.25, 0.3) is 0 Å². The molecule has 1 fully saturated rings. The number of piperidine rings is 1. The van der Waals surface area contributed by atoms with Crippen molar-refractivity contribution in [2.75, 3.05) is 25.0 Å². The molecule has 0 radical (unpaired) electrons. The number of benzene rings is 1. The zero-order valence-electron chi connectivity index (χ0n) is 12.4. The van der Waals surface area contributed by atoms with Gasteiger partial charge in [0.05, 0.1) is 11.6 Å². The molecule has 1 aliphatic heterocycles. The van der Waals surface area contributed by atoms with Crippen molar-refractivity contribution in [3.05, 3.63) is 29.8 Å². The highest BCUT2D eigenvalue weighted by Crippen LogP contribution is 2.12. The summed E-state index contributed by atoms with van der Waals surface area (Å²) < 4.78 is 0. The molecule has 0 aromatic heterocycles. The van der Waals surface area contributed by atoms with Crippen LogP contribution in [-0.2, 0) is 0 Å². The maximum atomic E-state index is 11.9. The van der Waals surface area contributed by atoms with Gasteiger partial charge >= 0.3 is 6.03 Å². The number of likely N-dealkylation sites (tertiary alicyclic amines) is 1. The van der Waals surface area contributed by atoms with Crippen LogP contribution in [0.1, 0.15) is 31.7 Å². The number of anilines is 1. The van der Waals surface area contributed by atoms with Gasteiger partial charge in [-0.15, -0.1) is 0 Å². The Labute approximate surface area is 125 Å². The average Bonchev–Trinajstić information content (AvgIpc) is 2.50. The summed E-state index contributed by atoms with van der Waals surface area (Å²) in [5.41, 5.74) is 1.29. The summed E-state index contributed by atoms with van der Waals surface area (Å²) in [6.07, 6.45) is 3.18. The molecule has 2 amide bonds. The predicted octanol–water partition coefficient (Wildman–Crippen LogP) is 2.55. The third-order valence-corrected chi connectivity index (χ3v) is 3.73. The lowest BCUT2D eigenvalue weighted by molar-refractivity contribution is 0.196. The van der Waals surface area contributed by atoms with Crippen LogP contribution in [-0.4, -0.2) is 36.6 Å². The van der Waals surface area contributed by atoms with Crippen molar-refractivity contribution in [1.29, 1.82) is 5.26 Å². The maximum absolute atomic E-state index is 11.9. The topological polar surface area (TPSA) is 68.2 Å². The summed E-state index contributed by atoms with van der Waals surface area (Å²) in [6.45, 7) is 5.44. The molecular formula is C16H22N4O. The number of hydrogen-bond donors (Lipinski definition) is 2. The molecule has 112 valence electrons. The fourth-order valence-electron chi connectivity index (χ4n) is 2.60. The summed E-state index contributed by atoms with van der Waals surface area (Å²) in [5.74, 6) is 0. The minimum atomic E-state index is -0.173. The number of hydrogen-bond acceptors (Lipinski definition) is 3. The molecule has 0 unspecified atom stereocenters. The summed E-state index contributed by atoms with van der Waals surface area (Å²) in [4.78, 5) is 14.4. The second-order valence-corrected chi connectivity index (χ2v) is 5.40. The van der Waals surface area contributed by atoms with Gasteiger partial charge in [-0.3, -0.25) is 0 Å². The number of urea groups is 1. The Bertz CT molecular complexity index is 498. The van der Waals surface area contributed by atoms with Crippen LogP contribution < -0.4 is 10.6 Å². The first-order chi connectivity index (χ1) is 10.2. The van der Waals surface area contributed by atoms with E-state index in [0.717, 1.165) is 32.5 Å². The summed E-state index contributed by atoms with van der Waals surface area (Å²) >= 11 is 0. The highest BCUT2D eigenvalue weighted by molar-refractivity contribution is 5.89. The lowest BCUT2D eigenvalue weighted by Crippen LogP contribution is -2.46. The van der Waals surface area contributed by atoms with E-state index in [0.29, 0.717) is 11.3 Å². The van der Waals surface area contributed by atoms with E-state index in [1.165, 1.54) is 6.42 Å². The van der Waals surface area contributed by atoms with Gasteiger partial charge in [0.2, 0.25) is 0 Å². The van der Waals surface area contributed by atoms with Crippen molar-refractivity contribution in [1.82, 2.24) is 10.2 Å². The van der Waals surface area contributed by atoms with E-state index in [1.54, 1.807) is 24.3 Å². The van der Waals surface area contributed by atoms with Crippen molar-refractivity contribution in [2.45, 2.75) is 32.2 Å². The number of carbonyl (C=O) groups is 1. The fraction of sp³-hybridized carbons (Fsp3) is 0.500. The fourth-order valence-corrected chi connectivity index (χ4v) is 2.60. The van der Waals surface area contributed by atoms with Crippen LogP contribution >= 0.6 is 0 Å². The number of nitrogens with one attached hydrogen (secondary N) is 2. The number of nitrogens with zero attached hydrogens (tertiary/aromatic N) is 2. The quantitative estimate of drug-likeness (QED) is 0.893. The highest BCUT2D eigenvalue weighted by atomic mass is 16.2. The monoisotopic (exact) mass is 286 g/mol. The first-order valence-electron chi connectivity index (χ1n) is 7.51. The van der Waals surface area contributed by atoms with Crippen LogP contribution in [0.25, 0.3) is 0 Å². The van der Waals surface area contributed by atoms with E-state index in [4.69, 9.17) is 5.26 Å². The van der Waals surface area contributed by atoms with Crippen molar-refractivity contribution in [3.63, 3.8) is 0 Å². The smallest absolute Gasteiger partial charge is 0.319 e. The van der Waals surface area contributed by atoms with Crippen LogP contribution in [0.2, 0.25) is 0 Å². The van der Waals surface area contributed by atoms with E-state index >= 15 is 0 Å². The molecule has 1 heterocycles. The van der Waals surface area contributed by atoms with Crippen LogP contribution in [0.4, 0.5) is 10.5 Å². The van der Waals surface area contributed by atoms with Gasteiger partial charge in [-0.2, -0.15) is 5.26 Å². The van der Waals surface area contributed by atoms with Gasteiger partial charge < -0.3 is 15.5 Å². The average molecular weight is 286 g/mol. The van der Waals surface area contributed by atoms with E-state index in [2.05, 4.69) is 28.5 Å². The number of amides is 2. The van der Waals surface area contributed by atoms with Crippen LogP contribution in [0, 0.1) is 11.3 Å². The largest absolute Gasteiger partial charge is 0.335 e. The van der Waals surface area contributed by atoms with Crippen LogP contribution in [0.3, 0.4) is 0 Å². The lowest BCUT2D eigenvalue weighted by Gasteiger charge is -2.32. The molecular weight excluding hydrogens is 264 g/mol. The SMILES string of the molecule is CCCN1CCC(NC(=O)Nc2ccc(C#N)cc2)CC1. The van der Waals surface area contributed by atoms with E-state index in [1.807, 2.05) is 0 Å². The molecule has 0 saturated carbocycles. The number of rotatable bonds is 4. The molecule has 1 aromatic rings. The minimum absolute atomic E-state index is 0.173. The zero-order chi connectivity index (χ0) is 15.1. The van der Waals surface area contributed by atoms with Gasteiger partial charge in [0, 0.05) is 24.8 Å². The van der Waals surface area contributed by atoms with Gasteiger partial charge in [0.1, 0.15) is 0 Å². The first-order valence-corrected chi connectivity index (χ1v) is 7.51. The van der Waals surface area contributed by atoms with Crippen molar-refractivity contribution < 1.29 is 4.79 Å². The predicted molar refractivity (Wildman–Crippen MR) is 83.1 cm³/mol. The molecule has 0 bridgehead atoms. The van der Waals surface area contributed by atoms with Gasteiger partial charge in [0.15, 0.2) is 0 Å². The Morgan fingerprint density at radius 1 is 1.33 bits per heavy atom. The molecule has 1 saturated heterocycles. The minimum Gasteiger partial charge on any atom is -0.335 e. The Hall–Kier alpha value is -2.06. The normalized spacial score (nSPS) is 16.2. The summed E-state index contributed by atoms with van der Waals surface area (Å²) in [6, 6.07) is 8.99. The Balaban J connectivity index is 1.76. The molecule has 2 rings (SSSR count). The molecule has 1 aliphatic rings. The van der Waals surface area contributed by atoms with Gasteiger partial charge in [-0.05, 0) is 50.1 Å². The van der Waals surface area contributed by atoms with E-state index in [-0.39, 0.29) is 12.1 Å². The molecule has 5 heteroatoms. The zero-order valence-corrected chi connectivity index (χ0v) is 12.4. The van der Waals surface area contributed by atoms with Crippen LogP contribution in [0.5, 0.6) is 0 Å². The molecule has 0 atom stereocenters. The van der Waals surface area contributed by atoms with Gasteiger partial charge in [-0.25, -0.2) is 4.79 Å². The lowest BCUT2D eigenvalue weighted by atomic mass is 10.1. The van der Waals surface area contributed by atoms with Gasteiger partial charge in [-0.1, -0.05) is 6.92 Å². The molecule has 21 heavy (non-hydrogen) atoms. The highest BCUT2D eigenvalue weighted by Gasteiger charge is 2.19. The Morgan fingerprint density at radius 3 is 2.57 bits per heavy atom. The third kappa shape index (κ3) is 4.76. The second-order valence-electron chi connectivity index (χ2n) is 5.40. The molecule has 1 aromatic carbocycles. The summed E-state index contributed by atoms with van der Waals surface area (Å²) in [7, 11) is 0. The Kier molecular flexibility index (Phi) is 5.59. The molecule has 0 spiro atoms. The number of carbonyl (C=O) groups excluding carboxylic acids is 1. The van der Waals surface area contributed by atoms with E-state index in [9.17, 15) is 4.79 Å². The standard InChI is InChI=1S/C16H22N4O/c1-2-9-20-10-7-15(8-11-20)19-16(21)18-14-5-3-13(12-17)4-6-14/h3-6,15H,2,7-11H2,1H3,(H2,18,19,21). The Morgan fingerprint density at radius 2 is 2.00 bits per heavy atom. The van der Waals surface area contributed by atoms with Crippen LogP contribution in [0.15, 0.2) is 24.3 Å². The molecule has 2 N–H and O–H groups in total. The molecule has 5 nitrogen and oxygen atoms in total. The van der Waals surface area contributed by atoms with E-state index < -0.39 is 0 Å². The maximum Gasteiger partial charge on any atom is 0.319 e. The summed E-state index contributed by atoms with van der Waals surface area (Å²) in [5, 5.41) is 14.6. The third-order valence-electron chi connectivity index (χ3n) is 3.73. The number of nitriles is 1. The second kappa shape index (κ2) is 7.65.